The Labute approximate surface area is 113 Å². The van der Waals surface area contributed by atoms with Crippen molar-refractivity contribution in [3.63, 3.8) is 0 Å². The molecule has 0 aliphatic carbocycles. The first-order valence-electron chi connectivity index (χ1n) is 6.56. The third kappa shape index (κ3) is 2.95. The van der Waals surface area contributed by atoms with E-state index in [1.807, 2.05) is 38.1 Å². The number of amides is 2. The lowest BCUT2D eigenvalue weighted by atomic mass is 9.90. The summed E-state index contributed by atoms with van der Waals surface area (Å²) in [6.07, 6.45) is 1.15. The molecule has 4 nitrogen and oxygen atoms in total. The van der Waals surface area contributed by atoms with Gasteiger partial charge in [0.15, 0.2) is 0 Å². The number of nitrogens with zero attached hydrogens (tertiary/aromatic N) is 1. The second-order valence-electron chi connectivity index (χ2n) is 5.12. The molecule has 102 valence electrons. The van der Waals surface area contributed by atoms with Gasteiger partial charge in [-0.05, 0) is 38.0 Å². The number of imide groups is 1. The summed E-state index contributed by atoms with van der Waals surface area (Å²) in [4.78, 5) is 24.7. The number of likely N-dealkylation sites (tertiary alicyclic amines) is 1. The molecule has 1 aliphatic rings. The van der Waals surface area contributed by atoms with Gasteiger partial charge in [0.05, 0.1) is 12.0 Å². The van der Waals surface area contributed by atoms with Crippen LogP contribution in [-0.2, 0) is 9.59 Å². The van der Waals surface area contributed by atoms with Gasteiger partial charge in [-0.2, -0.15) is 0 Å². The fraction of sp³-hybridized carbons (Fsp3) is 0.467. The number of likely N-dealkylation sites (N-methyl/N-ethyl adjacent to an activating group) is 1. The first-order chi connectivity index (χ1) is 8.99. The van der Waals surface area contributed by atoms with Crippen LogP contribution in [-0.4, -0.2) is 29.9 Å². The topological polar surface area (TPSA) is 46.6 Å². The average Bonchev–Trinajstić information content (AvgIpc) is 2.37. The lowest BCUT2D eigenvalue weighted by Gasteiger charge is -2.28. The Balaban J connectivity index is 2.14. The molecule has 1 aliphatic heterocycles. The maximum absolute atomic E-state index is 12.1. The second-order valence-corrected chi connectivity index (χ2v) is 5.12. The smallest absolute Gasteiger partial charge is 0.236 e. The van der Waals surface area contributed by atoms with Crippen LogP contribution in [0.5, 0.6) is 5.75 Å². The molecule has 0 N–H and O–H groups in total. The van der Waals surface area contributed by atoms with Gasteiger partial charge in [0.25, 0.3) is 0 Å². The van der Waals surface area contributed by atoms with E-state index in [0.717, 1.165) is 11.3 Å². The summed E-state index contributed by atoms with van der Waals surface area (Å²) >= 11 is 0. The fourth-order valence-electron chi connectivity index (χ4n) is 2.28. The van der Waals surface area contributed by atoms with Crippen molar-refractivity contribution in [2.75, 3.05) is 7.05 Å². The van der Waals surface area contributed by atoms with Crippen LogP contribution in [0.25, 0.3) is 0 Å². The fourth-order valence-corrected chi connectivity index (χ4v) is 2.28. The van der Waals surface area contributed by atoms with Gasteiger partial charge < -0.3 is 4.74 Å². The van der Waals surface area contributed by atoms with E-state index >= 15 is 0 Å². The van der Waals surface area contributed by atoms with E-state index in [2.05, 4.69) is 0 Å². The predicted octanol–water partition coefficient (Wildman–Crippen LogP) is 2.34. The van der Waals surface area contributed by atoms with Crippen molar-refractivity contribution in [2.45, 2.75) is 38.7 Å². The first-order valence-corrected chi connectivity index (χ1v) is 6.56. The van der Waals surface area contributed by atoms with E-state index in [-0.39, 0.29) is 23.8 Å². The Morgan fingerprint density at radius 2 is 1.84 bits per heavy atom. The molecular formula is C15H19NO3. The van der Waals surface area contributed by atoms with E-state index in [1.165, 1.54) is 4.90 Å². The van der Waals surface area contributed by atoms with E-state index < -0.39 is 0 Å². The molecular weight excluding hydrogens is 242 g/mol. The highest BCUT2D eigenvalue weighted by Crippen LogP contribution is 2.29. The normalized spacial score (nSPS) is 20.0. The highest BCUT2D eigenvalue weighted by molar-refractivity contribution is 6.00. The van der Waals surface area contributed by atoms with E-state index in [0.29, 0.717) is 12.8 Å². The zero-order valence-corrected chi connectivity index (χ0v) is 11.6. The molecule has 0 saturated carbocycles. The molecule has 1 aromatic rings. The quantitative estimate of drug-likeness (QED) is 0.785. The summed E-state index contributed by atoms with van der Waals surface area (Å²) in [7, 11) is 1.55. The number of hydrogen-bond acceptors (Lipinski definition) is 3. The lowest BCUT2D eigenvalue weighted by Crippen LogP contribution is -2.41. The van der Waals surface area contributed by atoms with Crippen LogP contribution in [0.4, 0.5) is 0 Å². The van der Waals surface area contributed by atoms with Gasteiger partial charge in [-0.25, -0.2) is 0 Å². The van der Waals surface area contributed by atoms with Gasteiger partial charge >= 0.3 is 0 Å². The largest absolute Gasteiger partial charge is 0.491 e. The van der Waals surface area contributed by atoms with Gasteiger partial charge in [0, 0.05) is 13.5 Å². The van der Waals surface area contributed by atoms with Crippen molar-refractivity contribution in [3.05, 3.63) is 29.8 Å². The van der Waals surface area contributed by atoms with Crippen LogP contribution in [0, 0.1) is 0 Å². The van der Waals surface area contributed by atoms with E-state index in [1.54, 1.807) is 7.05 Å². The highest BCUT2D eigenvalue weighted by Gasteiger charge is 2.32. The second kappa shape index (κ2) is 5.43. The third-order valence-corrected chi connectivity index (χ3v) is 3.30. The molecule has 19 heavy (non-hydrogen) atoms. The molecule has 0 bridgehead atoms. The molecule has 4 heteroatoms. The maximum Gasteiger partial charge on any atom is 0.236 e. The zero-order valence-electron chi connectivity index (χ0n) is 11.6. The number of benzene rings is 1. The summed E-state index contributed by atoms with van der Waals surface area (Å²) in [5, 5.41) is 0. The van der Waals surface area contributed by atoms with Crippen molar-refractivity contribution < 1.29 is 14.3 Å². The van der Waals surface area contributed by atoms with Crippen LogP contribution in [0.3, 0.4) is 0 Å². The zero-order chi connectivity index (χ0) is 14.0. The Hall–Kier alpha value is -1.84. The van der Waals surface area contributed by atoms with Gasteiger partial charge in [-0.3, -0.25) is 14.5 Å². The first kappa shape index (κ1) is 13.6. The van der Waals surface area contributed by atoms with Crippen LogP contribution in [0.15, 0.2) is 24.3 Å². The maximum atomic E-state index is 12.1. The molecule has 0 unspecified atom stereocenters. The number of piperidine rings is 1. The van der Waals surface area contributed by atoms with Crippen molar-refractivity contribution in [2.24, 2.45) is 0 Å². The van der Waals surface area contributed by atoms with Gasteiger partial charge in [-0.1, -0.05) is 12.1 Å². The minimum absolute atomic E-state index is 0.0963. The monoisotopic (exact) mass is 261 g/mol. The lowest BCUT2D eigenvalue weighted by molar-refractivity contribution is -0.147. The molecule has 1 aromatic carbocycles. The minimum Gasteiger partial charge on any atom is -0.491 e. The molecule has 1 saturated heterocycles. The molecule has 0 aromatic heterocycles. The number of hydrogen-bond donors (Lipinski definition) is 0. The van der Waals surface area contributed by atoms with Crippen LogP contribution >= 0.6 is 0 Å². The third-order valence-electron chi connectivity index (χ3n) is 3.30. The number of carbonyl (C=O) groups excluding carboxylic acids is 2. The molecule has 2 rings (SSSR count). The van der Waals surface area contributed by atoms with Crippen molar-refractivity contribution in [1.82, 2.24) is 4.90 Å². The summed E-state index contributed by atoms with van der Waals surface area (Å²) in [5.41, 5.74) is 0.945. The van der Waals surface area contributed by atoms with Crippen LogP contribution in [0.2, 0.25) is 0 Å². The van der Waals surface area contributed by atoms with E-state index in [4.69, 9.17) is 4.74 Å². The number of ether oxygens (including phenoxy) is 1. The summed E-state index contributed by atoms with van der Waals surface area (Å²) in [6.45, 7) is 3.94. The highest BCUT2D eigenvalue weighted by atomic mass is 16.5. The van der Waals surface area contributed by atoms with Crippen LogP contribution < -0.4 is 4.74 Å². The Morgan fingerprint density at radius 1 is 1.21 bits per heavy atom. The SMILES string of the molecule is CC(C)Oc1ccc([C@H]2CCC(=O)N(C)C2=O)cc1. The van der Waals surface area contributed by atoms with E-state index in [9.17, 15) is 9.59 Å². The van der Waals surface area contributed by atoms with Crippen LogP contribution in [0.1, 0.15) is 38.2 Å². The molecule has 0 spiro atoms. The van der Waals surface area contributed by atoms with Crippen molar-refractivity contribution >= 4 is 11.8 Å². The Bertz CT molecular complexity index is 479. The van der Waals surface area contributed by atoms with Gasteiger partial charge in [0.2, 0.25) is 11.8 Å². The summed E-state index contributed by atoms with van der Waals surface area (Å²) in [5.74, 6) is 0.372. The predicted molar refractivity (Wildman–Crippen MR) is 72.0 cm³/mol. The summed E-state index contributed by atoms with van der Waals surface area (Å²) < 4.78 is 5.57. The minimum atomic E-state index is -0.212. The molecule has 2 amide bonds. The number of rotatable bonds is 3. The molecule has 0 radical (unpaired) electrons. The summed E-state index contributed by atoms with van der Waals surface area (Å²) in [6, 6.07) is 7.56. The molecule has 1 fully saturated rings. The Morgan fingerprint density at radius 3 is 2.42 bits per heavy atom. The van der Waals surface area contributed by atoms with Gasteiger partial charge in [0.1, 0.15) is 5.75 Å². The Kier molecular flexibility index (Phi) is 3.88. The van der Waals surface area contributed by atoms with Crippen molar-refractivity contribution in [3.8, 4) is 5.75 Å². The molecule has 1 atom stereocenters. The molecule has 1 heterocycles. The number of carbonyl (C=O) groups is 2. The van der Waals surface area contributed by atoms with Gasteiger partial charge in [-0.15, -0.1) is 0 Å². The standard InChI is InChI=1S/C15H19NO3/c1-10(2)19-12-6-4-11(5-7-12)13-8-9-14(17)16(3)15(13)18/h4-7,10,13H,8-9H2,1-3H3/t13-/m1/s1. The van der Waals surface area contributed by atoms with Crippen molar-refractivity contribution in [1.29, 1.82) is 0 Å². The average molecular weight is 261 g/mol.